The maximum absolute atomic E-state index is 13.6. The van der Waals surface area contributed by atoms with E-state index in [9.17, 15) is 19.6 Å². The van der Waals surface area contributed by atoms with Crippen molar-refractivity contribution in [3.63, 3.8) is 0 Å². The highest BCUT2D eigenvalue weighted by Crippen LogP contribution is 2.42. The summed E-state index contributed by atoms with van der Waals surface area (Å²) < 4.78 is 5.04. The lowest BCUT2D eigenvalue weighted by atomic mass is 10.1. The Hall–Kier alpha value is -4.35. The highest BCUT2D eigenvalue weighted by Gasteiger charge is 2.40. The Morgan fingerprint density at radius 1 is 1.00 bits per heavy atom. The van der Waals surface area contributed by atoms with Crippen molar-refractivity contribution in [1.82, 2.24) is 0 Å². The van der Waals surface area contributed by atoms with Crippen LogP contribution in [0.4, 0.5) is 11.4 Å². The van der Waals surface area contributed by atoms with Gasteiger partial charge in [-0.05, 0) is 68.1 Å². The second-order valence-corrected chi connectivity index (χ2v) is 9.94. The van der Waals surface area contributed by atoms with Gasteiger partial charge in [0.25, 0.3) is 5.91 Å². The number of benzene rings is 3. The highest BCUT2D eigenvalue weighted by atomic mass is 32.2. The Labute approximate surface area is 226 Å². The molecule has 0 bridgehead atoms. The van der Waals surface area contributed by atoms with Gasteiger partial charge in [0.1, 0.15) is 16.7 Å². The number of carbonyl (C=O) groups is 3. The summed E-state index contributed by atoms with van der Waals surface area (Å²) in [6.07, 6.45) is 0.358. The zero-order chi connectivity index (χ0) is 27.2. The number of nitriles is 1. The van der Waals surface area contributed by atoms with E-state index >= 15 is 0 Å². The molecule has 1 fully saturated rings. The van der Waals surface area contributed by atoms with Crippen molar-refractivity contribution in [2.75, 3.05) is 16.8 Å². The Morgan fingerprint density at radius 2 is 1.66 bits per heavy atom. The number of carbonyl (C=O) groups excluding carboxylic acids is 3. The number of ether oxygens (including phenoxy) is 1. The summed E-state index contributed by atoms with van der Waals surface area (Å²) in [4.78, 5) is 40.4. The molecule has 4 rings (SSSR count). The van der Waals surface area contributed by atoms with Crippen LogP contribution in [-0.4, -0.2) is 29.6 Å². The molecule has 0 aromatic heterocycles. The molecule has 1 aliphatic heterocycles. The SMILES string of the molecule is CCOC(=O)c1ccc(CC2S/C(=C(\C#N)C(=O)Nc3c(C)cccc3C)N(c3ccccc3)C2=O)cc1. The van der Waals surface area contributed by atoms with Gasteiger partial charge >= 0.3 is 5.97 Å². The highest BCUT2D eigenvalue weighted by molar-refractivity contribution is 8.05. The fraction of sp³-hybridized carbons (Fsp3) is 0.200. The summed E-state index contributed by atoms with van der Waals surface area (Å²) in [6, 6.07) is 23.6. The fourth-order valence-electron chi connectivity index (χ4n) is 4.19. The number of rotatable bonds is 7. The smallest absolute Gasteiger partial charge is 0.338 e. The molecule has 1 N–H and O–H groups in total. The number of anilines is 2. The molecule has 1 unspecified atom stereocenters. The first-order valence-electron chi connectivity index (χ1n) is 12.2. The molecule has 3 aromatic carbocycles. The predicted octanol–water partition coefficient (Wildman–Crippen LogP) is 5.55. The topological polar surface area (TPSA) is 99.5 Å². The van der Waals surface area contributed by atoms with Crippen molar-refractivity contribution in [2.45, 2.75) is 32.4 Å². The number of hydrogen-bond acceptors (Lipinski definition) is 6. The molecule has 2 amide bonds. The van der Waals surface area contributed by atoms with Gasteiger partial charge in [0, 0.05) is 11.4 Å². The van der Waals surface area contributed by atoms with Crippen LogP contribution in [0.1, 0.15) is 34.0 Å². The fourth-order valence-corrected chi connectivity index (χ4v) is 5.50. The van der Waals surface area contributed by atoms with Gasteiger partial charge in [0.2, 0.25) is 5.91 Å². The Kier molecular flexibility index (Phi) is 8.29. The average molecular weight is 526 g/mol. The van der Waals surface area contributed by atoms with E-state index in [-0.39, 0.29) is 18.1 Å². The molecule has 0 saturated carbocycles. The Bertz CT molecular complexity index is 1420. The molecule has 0 aliphatic carbocycles. The molecule has 1 aliphatic rings. The molecule has 3 aromatic rings. The molecule has 38 heavy (non-hydrogen) atoms. The van der Waals surface area contributed by atoms with Gasteiger partial charge in [-0.3, -0.25) is 14.5 Å². The molecule has 8 heteroatoms. The van der Waals surface area contributed by atoms with E-state index in [1.54, 1.807) is 55.5 Å². The Morgan fingerprint density at radius 3 is 2.26 bits per heavy atom. The summed E-state index contributed by atoms with van der Waals surface area (Å²) in [6.45, 7) is 5.80. The minimum Gasteiger partial charge on any atom is -0.462 e. The third-order valence-electron chi connectivity index (χ3n) is 6.13. The first kappa shape index (κ1) is 26.7. The number of hydrogen-bond donors (Lipinski definition) is 1. The van der Waals surface area contributed by atoms with Crippen LogP contribution in [-0.2, 0) is 20.7 Å². The van der Waals surface area contributed by atoms with Gasteiger partial charge in [-0.2, -0.15) is 5.26 Å². The maximum atomic E-state index is 13.6. The van der Waals surface area contributed by atoms with Gasteiger partial charge in [-0.1, -0.05) is 60.3 Å². The summed E-state index contributed by atoms with van der Waals surface area (Å²) in [7, 11) is 0. The minimum atomic E-state index is -0.569. The van der Waals surface area contributed by atoms with Crippen molar-refractivity contribution >= 4 is 40.9 Å². The number of nitrogens with zero attached hydrogens (tertiary/aromatic N) is 2. The molecule has 192 valence electrons. The second kappa shape index (κ2) is 11.8. The summed E-state index contributed by atoms with van der Waals surface area (Å²) >= 11 is 1.20. The molecule has 1 saturated heterocycles. The van der Waals surface area contributed by atoms with E-state index in [2.05, 4.69) is 5.32 Å². The monoisotopic (exact) mass is 525 g/mol. The maximum Gasteiger partial charge on any atom is 0.338 e. The lowest BCUT2D eigenvalue weighted by molar-refractivity contribution is -0.117. The van der Waals surface area contributed by atoms with Crippen LogP contribution in [0.5, 0.6) is 0 Å². The van der Waals surface area contributed by atoms with Gasteiger partial charge < -0.3 is 10.1 Å². The van der Waals surface area contributed by atoms with Crippen molar-refractivity contribution in [1.29, 1.82) is 5.26 Å². The van der Waals surface area contributed by atoms with Crippen LogP contribution in [0, 0.1) is 25.2 Å². The zero-order valence-electron chi connectivity index (χ0n) is 21.4. The molecule has 1 heterocycles. The molecule has 7 nitrogen and oxygen atoms in total. The van der Waals surface area contributed by atoms with Crippen LogP contribution in [0.25, 0.3) is 0 Å². The molecular weight excluding hydrogens is 498 g/mol. The lowest BCUT2D eigenvalue weighted by Crippen LogP contribution is -2.31. The lowest BCUT2D eigenvalue weighted by Gasteiger charge is -2.19. The quantitative estimate of drug-likeness (QED) is 0.247. The molecule has 0 radical (unpaired) electrons. The summed E-state index contributed by atoms with van der Waals surface area (Å²) in [5.41, 5.74) is 4.12. The Balaban J connectivity index is 1.67. The van der Waals surface area contributed by atoms with Gasteiger partial charge in [-0.15, -0.1) is 0 Å². The molecule has 0 spiro atoms. The van der Waals surface area contributed by atoms with Gasteiger partial charge in [0.15, 0.2) is 0 Å². The van der Waals surface area contributed by atoms with E-state index < -0.39 is 17.1 Å². The predicted molar refractivity (Wildman–Crippen MR) is 149 cm³/mol. The van der Waals surface area contributed by atoms with E-state index in [4.69, 9.17) is 4.74 Å². The third kappa shape index (κ3) is 5.63. The van der Waals surface area contributed by atoms with Crippen LogP contribution in [0.3, 0.4) is 0 Å². The number of para-hydroxylation sites is 2. The minimum absolute atomic E-state index is 0.130. The van der Waals surface area contributed by atoms with Crippen LogP contribution >= 0.6 is 11.8 Å². The van der Waals surface area contributed by atoms with Crippen molar-refractivity contribution in [2.24, 2.45) is 0 Å². The normalized spacial score (nSPS) is 16.1. The van der Waals surface area contributed by atoms with Gasteiger partial charge in [0.05, 0.1) is 17.4 Å². The summed E-state index contributed by atoms with van der Waals surface area (Å²) in [5.74, 6) is -1.20. The van der Waals surface area contributed by atoms with E-state index in [1.165, 1.54) is 16.7 Å². The second-order valence-electron chi connectivity index (χ2n) is 8.75. The number of amides is 2. The van der Waals surface area contributed by atoms with Gasteiger partial charge in [-0.25, -0.2) is 4.79 Å². The number of thioether (sulfide) groups is 1. The third-order valence-corrected chi connectivity index (χ3v) is 7.39. The van der Waals surface area contributed by atoms with Crippen LogP contribution in [0.15, 0.2) is 83.4 Å². The molecule has 1 atom stereocenters. The van der Waals surface area contributed by atoms with Crippen molar-refractivity contribution in [3.8, 4) is 6.07 Å². The first-order chi connectivity index (χ1) is 18.3. The zero-order valence-corrected chi connectivity index (χ0v) is 22.2. The summed E-state index contributed by atoms with van der Waals surface area (Å²) in [5, 5.41) is 12.7. The number of nitrogens with one attached hydrogen (secondary N) is 1. The number of aryl methyl sites for hydroxylation is 2. The van der Waals surface area contributed by atoms with Crippen LogP contribution < -0.4 is 10.2 Å². The standard InChI is InChI=1S/C30H27N3O4S/c1-4-37-30(36)22-15-13-21(14-16-22)17-25-28(35)33(23-11-6-5-7-12-23)29(38-25)24(18-31)27(34)32-26-19(2)9-8-10-20(26)3/h5-16,25H,4,17H2,1-3H3,(H,32,34)/b29-24+. The van der Waals surface area contributed by atoms with E-state index in [1.807, 2.05) is 44.2 Å². The van der Waals surface area contributed by atoms with E-state index in [0.29, 0.717) is 28.4 Å². The van der Waals surface area contributed by atoms with Crippen molar-refractivity contribution < 1.29 is 19.1 Å². The average Bonchev–Trinajstić information content (AvgIpc) is 3.23. The first-order valence-corrected chi connectivity index (χ1v) is 13.1. The molecular formula is C30H27N3O4S. The van der Waals surface area contributed by atoms with Crippen LogP contribution in [0.2, 0.25) is 0 Å². The largest absolute Gasteiger partial charge is 0.462 e. The number of esters is 1. The van der Waals surface area contributed by atoms with Crippen molar-refractivity contribution in [3.05, 3.63) is 106 Å². The van der Waals surface area contributed by atoms with E-state index in [0.717, 1.165) is 16.7 Å².